The van der Waals surface area contributed by atoms with Gasteiger partial charge in [-0.25, -0.2) is 0 Å². The van der Waals surface area contributed by atoms with Gasteiger partial charge >= 0.3 is 0 Å². The summed E-state index contributed by atoms with van der Waals surface area (Å²) >= 11 is 0. The van der Waals surface area contributed by atoms with E-state index in [1.807, 2.05) is 0 Å². The van der Waals surface area contributed by atoms with E-state index in [9.17, 15) is 0 Å². The molecule has 4 heteroatoms. The monoisotopic (exact) mass is 178 g/mol. The smallest absolute Gasteiger partial charge is 0.300 e. The molecular formula is C8H18O4. The zero-order valence-electron chi connectivity index (χ0n) is 7.91. The fourth-order valence-electron chi connectivity index (χ4n) is 0.398. The summed E-state index contributed by atoms with van der Waals surface area (Å²) < 4.78 is 4.84. The Hall–Kier alpha value is -0.610. The molecule has 74 valence electrons. The fourth-order valence-corrected chi connectivity index (χ4v) is 0.398. The van der Waals surface area contributed by atoms with Gasteiger partial charge in [0.1, 0.15) is 0 Å². The average molecular weight is 178 g/mol. The third-order valence-corrected chi connectivity index (χ3v) is 0.857. The van der Waals surface area contributed by atoms with Crippen molar-refractivity contribution in [1.82, 2.24) is 0 Å². The van der Waals surface area contributed by atoms with Gasteiger partial charge in [0, 0.05) is 13.5 Å². The predicted molar refractivity (Wildman–Crippen MR) is 45.9 cm³/mol. The van der Waals surface area contributed by atoms with Gasteiger partial charge in [-0.1, -0.05) is 13.3 Å². The summed E-state index contributed by atoms with van der Waals surface area (Å²) in [6.45, 7) is 5.47. The number of hydrogen-bond donors (Lipinski definition) is 2. The molecule has 2 N–H and O–H groups in total. The second-order valence-electron chi connectivity index (χ2n) is 2.34. The summed E-state index contributed by atoms with van der Waals surface area (Å²) in [7, 11) is 0. The van der Waals surface area contributed by atoms with Crippen molar-refractivity contribution in [1.29, 1.82) is 0 Å². The third-order valence-electron chi connectivity index (χ3n) is 0.857. The normalized spacial score (nSPS) is 11.3. The number of unbranched alkanes of at least 4 members (excludes halogenated alkanes) is 1. The molecule has 0 saturated carbocycles. The van der Waals surface area contributed by atoms with Crippen molar-refractivity contribution in [3.63, 3.8) is 0 Å². The number of rotatable bonds is 4. The third kappa shape index (κ3) is 34.3. The highest BCUT2D eigenvalue weighted by Crippen LogP contribution is 1.90. The van der Waals surface area contributed by atoms with Crippen LogP contribution in [0.2, 0.25) is 0 Å². The van der Waals surface area contributed by atoms with E-state index in [-0.39, 0.29) is 0 Å². The summed E-state index contributed by atoms with van der Waals surface area (Å²) in [5.41, 5.74) is 0. The van der Waals surface area contributed by atoms with Gasteiger partial charge in [0.2, 0.25) is 0 Å². The van der Waals surface area contributed by atoms with Crippen LogP contribution in [-0.4, -0.2) is 29.1 Å². The molecule has 0 amide bonds. The molecule has 0 aliphatic rings. The zero-order valence-corrected chi connectivity index (χ0v) is 7.91. The first-order chi connectivity index (χ1) is 5.50. The van der Waals surface area contributed by atoms with Gasteiger partial charge in [0.25, 0.3) is 5.97 Å². The minimum Gasteiger partial charge on any atom is -0.481 e. The molecule has 1 unspecified atom stereocenters. The van der Waals surface area contributed by atoms with E-state index >= 15 is 0 Å². The molecule has 0 spiro atoms. The number of ether oxygens (including phenoxy) is 1. The highest BCUT2D eigenvalue weighted by atomic mass is 16.6. The Bertz CT molecular complexity index is 97.2. The van der Waals surface area contributed by atoms with Gasteiger partial charge in [-0.05, 0) is 13.3 Å². The lowest BCUT2D eigenvalue weighted by atomic mass is 10.4. The molecule has 0 saturated heterocycles. The van der Waals surface area contributed by atoms with E-state index in [4.69, 9.17) is 19.7 Å². The molecule has 12 heavy (non-hydrogen) atoms. The molecule has 0 aromatic heterocycles. The Kier molecular flexibility index (Phi) is 12.1. The number of aliphatic hydroxyl groups excluding tert-OH is 1. The van der Waals surface area contributed by atoms with Crippen LogP contribution in [0.15, 0.2) is 0 Å². The van der Waals surface area contributed by atoms with Crippen LogP contribution in [0.4, 0.5) is 0 Å². The molecule has 0 bridgehead atoms. The fraction of sp³-hybridized carbons (Fsp3) is 0.875. The van der Waals surface area contributed by atoms with Crippen molar-refractivity contribution >= 4 is 5.97 Å². The number of hydrogen-bond acceptors (Lipinski definition) is 3. The number of carbonyl (C=O) groups is 1. The van der Waals surface area contributed by atoms with Crippen LogP contribution in [0, 0.1) is 0 Å². The number of carboxylic acid groups (broad SMARTS) is 1. The number of aliphatic carboxylic acids is 1. The van der Waals surface area contributed by atoms with Gasteiger partial charge in [-0.3, -0.25) is 4.79 Å². The molecule has 0 fully saturated rings. The van der Waals surface area contributed by atoms with Gasteiger partial charge in [-0.2, -0.15) is 0 Å². The van der Waals surface area contributed by atoms with E-state index in [0.29, 0.717) is 6.61 Å². The van der Waals surface area contributed by atoms with Crippen LogP contribution in [-0.2, 0) is 9.53 Å². The van der Waals surface area contributed by atoms with Crippen LogP contribution in [0.3, 0.4) is 0 Å². The summed E-state index contributed by atoms with van der Waals surface area (Å²) in [6, 6.07) is 0. The minimum atomic E-state index is -0.833. The number of aliphatic hydroxyl groups is 1. The van der Waals surface area contributed by atoms with Crippen molar-refractivity contribution in [3.05, 3.63) is 0 Å². The standard InChI is InChI=1S/C6H14O2.C2H4O2/c1-3-4-5-8-6(2)7;1-2(3)4/h6-7H,3-5H2,1-2H3;1H3,(H,3,4). The molecule has 1 atom stereocenters. The Morgan fingerprint density at radius 2 is 2.00 bits per heavy atom. The Labute approximate surface area is 73.2 Å². The lowest BCUT2D eigenvalue weighted by Crippen LogP contribution is -2.06. The molecule has 0 heterocycles. The topological polar surface area (TPSA) is 66.8 Å². The van der Waals surface area contributed by atoms with Gasteiger partial charge < -0.3 is 14.9 Å². The van der Waals surface area contributed by atoms with Crippen molar-refractivity contribution in [2.24, 2.45) is 0 Å². The zero-order chi connectivity index (χ0) is 9.98. The highest BCUT2D eigenvalue weighted by Gasteiger charge is 1.90. The minimum absolute atomic E-state index is 0.596. The van der Waals surface area contributed by atoms with Crippen LogP contribution >= 0.6 is 0 Å². The second-order valence-corrected chi connectivity index (χ2v) is 2.34. The van der Waals surface area contributed by atoms with E-state index in [0.717, 1.165) is 19.8 Å². The summed E-state index contributed by atoms with van der Waals surface area (Å²) in [4.78, 5) is 9.00. The SMILES string of the molecule is CC(=O)O.CCCCOC(C)O. The van der Waals surface area contributed by atoms with Crippen molar-refractivity contribution in [2.75, 3.05) is 6.61 Å². The van der Waals surface area contributed by atoms with Gasteiger partial charge in [0.05, 0.1) is 0 Å². The maximum atomic E-state index is 9.00. The lowest BCUT2D eigenvalue weighted by molar-refractivity contribution is -0.134. The molecule has 4 nitrogen and oxygen atoms in total. The van der Waals surface area contributed by atoms with Gasteiger partial charge in [-0.15, -0.1) is 0 Å². The largest absolute Gasteiger partial charge is 0.481 e. The average Bonchev–Trinajstić information content (AvgIpc) is 1.86. The maximum Gasteiger partial charge on any atom is 0.300 e. The molecule has 0 aromatic rings. The Morgan fingerprint density at radius 1 is 1.58 bits per heavy atom. The maximum absolute atomic E-state index is 9.00. The first kappa shape index (κ1) is 13.9. The molecular weight excluding hydrogens is 160 g/mol. The first-order valence-electron chi connectivity index (χ1n) is 3.99. The Balaban J connectivity index is 0. The van der Waals surface area contributed by atoms with Crippen LogP contribution in [0.25, 0.3) is 0 Å². The summed E-state index contributed by atoms with van der Waals surface area (Å²) in [6.07, 6.45) is 1.55. The van der Waals surface area contributed by atoms with Crippen molar-refractivity contribution in [3.8, 4) is 0 Å². The molecule has 0 radical (unpaired) electrons. The van der Waals surface area contributed by atoms with E-state index in [2.05, 4.69) is 6.92 Å². The molecule has 0 aliphatic heterocycles. The van der Waals surface area contributed by atoms with Gasteiger partial charge in [0.15, 0.2) is 6.29 Å². The summed E-state index contributed by atoms with van der Waals surface area (Å²) in [5.74, 6) is -0.833. The van der Waals surface area contributed by atoms with Crippen molar-refractivity contribution < 1.29 is 19.7 Å². The van der Waals surface area contributed by atoms with E-state index < -0.39 is 12.3 Å². The second kappa shape index (κ2) is 10.4. The van der Waals surface area contributed by atoms with Crippen LogP contribution in [0.5, 0.6) is 0 Å². The molecule has 0 aliphatic carbocycles. The highest BCUT2D eigenvalue weighted by molar-refractivity contribution is 5.62. The molecule has 0 aromatic carbocycles. The lowest BCUT2D eigenvalue weighted by Gasteiger charge is -2.03. The summed E-state index contributed by atoms with van der Waals surface area (Å²) in [5, 5.41) is 16.0. The van der Waals surface area contributed by atoms with E-state index in [1.54, 1.807) is 6.92 Å². The number of carboxylic acids is 1. The van der Waals surface area contributed by atoms with E-state index in [1.165, 1.54) is 0 Å². The first-order valence-corrected chi connectivity index (χ1v) is 3.99. The Morgan fingerprint density at radius 3 is 2.25 bits per heavy atom. The predicted octanol–water partition coefficient (Wildman–Crippen LogP) is 1.23. The quantitative estimate of drug-likeness (QED) is 0.502. The molecule has 0 rings (SSSR count). The van der Waals surface area contributed by atoms with Crippen LogP contribution < -0.4 is 0 Å². The van der Waals surface area contributed by atoms with Crippen molar-refractivity contribution in [2.45, 2.75) is 39.9 Å². The van der Waals surface area contributed by atoms with Crippen LogP contribution in [0.1, 0.15) is 33.6 Å².